The predicted molar refractivity (Wildman–Crippen MR) is 67.7 cm³/mol. The Hall–Kier alpha value is -1.71. The van der Waals surface area contributed by atoms with E-state index >= 15 is 0 Å². The molecule has 2 unspecified atom stereocenters. The molecular formula is C13H17N3O. The van der Waals surface area contributed by atoms with Crippen LogP contribution < -0.4 is 16.0 Å². The summed E-state index contributed by atoms with van der Waals surface area (Å²) in [6.45, 7) is 1.78. The minimum absolute atomic E-state index is 0.158. The van der Waals surface area contributed by atoms with E-state index < -0.39 is 0 Å². The van der Waals surface area contributed by atoms with Crippen molar-refractivity contribution in [2.24, 2.45) is 5.92 Å². The number of piperidine rings is 1. The molecule has 0 aliphatic carbocycles. The minimum Gasteiger partial charge on any atom is -0.399 e. The third kappa shape index (κ3) is 1.73. The van der Waals surface area contributed by atoms with Crippen LogP contribution >= 0.6 is 0 Å². The van der Waals surface area contributed by atoms with Gasteiger partial charge in [0.25, 0.3) is 0 Å². The van der Waals surface area contributed by atoms with E-state index in [1.165, 1.54) is 0 Å². The Morgan fingerprint density at radius 3 is 3.12 bits per heavy atom. The second kappa shape index (κ2) is 3.95. The first-order valence-electron chi connectivity index (χ1n) is 6.15. The Balaban J connectivity index is 1.90. The summed E-state index contributed by atoms with van der Waals surface area (Å²) in [5.74, 6) is 0.369. The van der Waals surface area contributed by atoms with Crippen molar-refractivity contribution in [1.29, 1.82) is 0 Å². The zero-order valence-corrected chi connectivity index (χ0v) is 9.73. The molecule has 1 aromatic carbocycles. The number of nitrogens with one attached hydrogen (secondary N) is 1. The maximum absolute atomic E-state index is 11.7. The fourth-order valence-electron chi connectivity index (χ4n) is 2.98. The van der Waals surface area contributed by atoms with Gasteiger partial charge in [0.05, 0.1) is 12.0 Å². The summed E-state index contributed by atoms with van der Waals surface area (Å²) in [5, 5.41) is 2.96. The number of anilines is 2. The van der Waals surface area contributed by atoms with Gasteiger partial charge in [-0.1, -0.05) is 6.07 Å². The van der Waals surface area contributed by atoms with Crippen molar-refractivity contribution >= 4 is 17.3 Å². The van der Waals surface area contributed by atoms with Crippen molar-refractivity contribution in [1.82, 2.24) is 5.32 Å². The molecule has 17 heavy (non-hydrogen) atoms. The van der Waals surface area contributed by atoms with Gasteiger partial charge in [0.15, 0.2) is 0 Å². The highest BCUT2D eigenvalue weighted by Gasteiger charge is 2.40. The number of nitrogens with two attached hydrogens (primary N) is 1. The zero-order chi connectivity index (χ0) is 11.8. The molecule has 0 bridgehead atoms. The van der Waals surface area contributed by atoms with E-state index in [1.807, 2.05) is 18.2 Å². The Labute approximate surface area is 101 Å². The number of amides is 1. The van der Waals surface area contributed by atoms with Crippen molar-refractivity contribution in [3.8, 4) is 0 Å². The van der Waals surface area contributed by atoms with Crippen LogP contribution in [0, 0.1) is 5.92 Å². The highest BCUT2D eigenvalue weighted by molar-refractivity contribution is 5.83. The summed E-state index contributed by atoms with van der Waals surface area (Å²) in [6, 6.07) is 8.23. The monoisotopic (exact) mass is 231 g/mol. The predicted octanol–water partition coefficient (Wildman–Crippen LogP) is 0.984. The van der Waals surface area contributed by atoms with E-state index in [9.17, 15) is 4.79 Å². The Morgan fingerprint density at radius 1 is 1.41 bits per heavy atom. The Bertz CT molecular complexity index is 446. The molecule has 1 amide bonds. The summed E-state index contributed by atoms with van der Waals surface area (Å²) in [5.41, 5.74) is 7.74. The van der Waals surface area contributed by atoms with Crippen LogP contribution in [0.4, 0.5) is 11.4 Å². The number of hydrogen-bond donors (Lipinski definition) is 2. The molecule has 0 radical (unpaired) electrons. The quantitative estimate of drug-likeness (QED) is 0.708. The topological polar surface area (TPSA) is 58.4 Å². The lowest BCUT2D eigenvalue weighted by atomic mass is 9.91. The lowest BCUT2D eigenvalue weighted by molar-refractivity contribution is -0.122. The summed E-state index contributed by atoms with van der Waals surface area (Å²) in [6.07, 6.45) is 2.08. The maximum Gasteiger partial charge on any atom is 0.225 e. The van der Waals surface area contributed by atoms with Crippen molar-refractivity contribution in [2.75, 3.05) is 23.7 Å². The normalized spacial score (nSPS) is 27.8. The Kier molecular flexibility index (Phi) is 2.42. The fraction of sp³-hybridized carbons (Fsp3) is 0.462. The lowest BCUT2D eigenvalue weighted by Crippen LogP contribution is -2.45. The second-order valence-electron chi connectivity index (χ2n) is 4.85. The van der Waals surface area contributed by atoms with Crippen LogP contribution in [0.1, 0.15) is 12.8 Å². The van der Waals surface area contributed by atoms with Gasteiger partial charge in [-0.15, -0.1) is 0 Å². The molecule has 4 heteroatoms. The highest BCUT2D eigenvalue weighted by Crippen LogP contribution is 2.32. The summed E-state index contributed by atoms with van der Waals surface area (Å²) in [7, 11) is 0. The molecule has 0 spiro atoms. The van der Waals surface area contributed by atoms with Gasteiger partial charge >= 0.3 is 0 Å². The van der Waals surface area contributed by atoms with E-state index in [-0.39, 0.29) is 11.8 Å². The van der Waals surface area contributed by atoms with E-state index in [2.05, 4.69) is 16.3 Å². The number of fused-ring (bicyclic) bond motifs is 1. The number of benzene rings is 1. The molecule has 90 valence electrons. The van der Waals surface area contributed by atoms with Gasteiger partial charge in [-0.2, -0.15) is 0 Å². The zero-order valence-electron chi connectivity index (χ0n) is 9.73. The van der Waals surface area contributed by atoms with Crippen LogP contribution in [0.5, 0.6) is 0 Å². The number of carbonyl (C=O) groups excluding carboxylic acids is 1. The third-order valence-electron chi connectivity index (χ3n) is 3.80. The van der Waals surface area contributed by atoms with Crippen LogP contribution in [-0.4, -0.2) is 25.0 Å². The molecule has 3 N–H and O–H groups in total. The van der Waals surface area contributed by atoms with Crippen molar-refractivity contribution in [2.45, 2.75) is 18.9 Å². The van der Waals surface area contributed by atoms with Gasteiger partial charge in [-0.3, -0.25) is 4.79 Å². The largest absolute Gasteiger partial charge is 0.399 e. The van der Waals surface area contributed by atoms with Crippen LogP contribution in [0.15, 0.2) is 24.3 Å². The number of rotatable bonds is 1. The number of hydrogen-bond acceptors (Lipinski definition) is 3. The molecule has 2 aliphatic rings. The number of nitrogens with zero attached hydrogens (tertiary/aromatic N) is 1. The summed E-state index contributed by atoms with van der Waals surface area (Å²) < 4.78 is 0. The lowest BCUT2D eigenvalue weighted by Gasteiger charge is -2.37. The molecule has 4 nitrogen and oxygen atoms in total. The first-order chi connectivity index (χ1) is 8.25. The molecule has 3 rings (SSSR count). The third-order valence-corrected chi connectivity index (χ3v) is 3.80. The maximum atomic E-state index is 11.7. The summed E-state index contributed by atoms with van der Waals surface area (Å²) in [4.78, 5) is 14.0. The van der Waals surface area contributed by atoms with Gasteiger partial charge < -0.3 is 16.0 Å². The van der Waals surface area contributed by atoms with Crippen molar-refractivity contribution in [3.63, 3.8) is 0 Å². The molecule has 0 aromatic heterocycles. The number of nitrogen functional groups attached to an aromatic ring is 1. The van der Waals surface area contributed by atoms with Gasteiger partial charge in [0, 0.05) is 24.5 Å². The van der Waals surface area contributed by atoms with Crippen molar-refractivity contribution in [3.05, 3.63) is 24.3 Å². The molecule has 2 heterocycles. The van der Waals surface area contributed by atoms with Crippen LogP contribution in [-0.2, 0) is 4.79 Å². The number of carbonyl (C=O) groups is 1. The van der Waals surface area contributed by atoms with E-state index in [0.29, 0.717) is 6.04 Å². The molecule has 2 fully saturated rings. The van der Waals surface area contributed by atoms with Gasteiger partial charge in [0.2, 0.25) is 5.91 Å². The molecule has 2 saturated heterocycles. The van der Waals surface area contributed by atoms with E-state index in [4.69, 9.17) is 5.73 Å². The molecule has 0 saturated carbocycles. The standard InChI is InChI=1S/C13H17N3O/c14-9-3-1-4-10(7-9)16-6-2-5-11-12(16)8-15-13(11)17/h1,3-4,7,11-12H,2,5-6,8,14H2,(H,15,17). The van der Waals surface area contributed by atoms with Crippen LogP contribution in [0.3, 0.4) is 0 Å². The average molecular weight is 231 g/mol. The minimum atomic E-state index is 0.158. The smallest absolute Gasteiger partial charge is 0.225 e. The molecular weight excluding hydrogens is 214 g/mol. The van der Waals surface area contributed by atoms with Gasteiger partial charge in [-0.25, -0.2) is 0 Å². The molecule has 2 aliphatic heterocycles. The highest BCUT2D eigenvalue weighted by atomic mass is 16.2. The first-order valence-corrected chi connectivity index (χ1v) is 6.15. The van der Waals surface area contributed by atoms with E-state index in [1.54, 1.807) is 0 Å². The first kappa shape index (κ1) is 10.4. The van der Waals surface area contributed by atoms with Gasteiger partial charge in [-0.05, 0) is 31.0 Å². The Morgan fingerprint density at radius 2 is 2.29 bits per heavy atom. The van der Waals surface area contributed by atoms with E-state index in [0.717, 1.165) is 37.3 Å². The average Bonchev–Trinajstić information content (AvgIpc) is 2.71. The fourth-order valence-corrected chi connectivity index (χ4v) is 2.98. The van der Waals surface area contributed by atoms with Crippen LogP contribution in [0.25, 0.3) is 0 Å². The second-order valence-corrected chi connectivity index (χ2v) is 4.85. The molecule has 1 aromatic rings. The van der Waals surface area contributed by atoms with Crippen molar-refractivity contribution < 1.29 is 4.79 Å². The van der Waals surface area contributed by atoms with Gasteiger partial charge in [0.1, 0.15) is 0 Å². The molecule has 2 atom stereocenters. The SMILES string of the molecule is Nc1cccc(N2CCCC3C(=O)NCC32)c1. The summed E-state index contributed by atoms with van der Waals surface area (Å²) >= 11 is 0. The van der Waals surface area contributed by atoms with Crippen LogP contribution in [0.2, 0.25) is 0 Å².